The molecule has 0 saturated carbocycles. The van der Waals surface area contributed by atoms with E-state index < -0.39 is 0 Å². The first-order chi connectivity index (χ1) is 13.1. The zero-order valence-electron chi connectivity index (χ0n) is 15.9. The maximum absolute atomic E-state index is 8.74. The van der Waals surface area contributed by atoms with Gasteiger partial charge in [0.05, 0.1) is 26.3 Å². The van der Waals surface area contributed by atoms with Crippen LogP contribution in [-0.2, 0) is 6.42 Å². The third-order valence-corrected chi connectivity index (χ3v) is 3.63. The summed E-state index contributed by atoms with van der Waals surface area (Å²) in [5.74, 6) is 0.559. The van der Waals surface area contributed by atoms with Gasteiger partial charge in [0.1, 0.15) is 0 Å². The lowest BCUT2D eigenvalue weighted by atomic mass is 10.0. The molecule has 2 aromatic carbocycles. The number of nitrogens with zero attached hydrogens (tertiary/aromatic N) is 2. The third kappa shape index (κ3) is 10.00. The quantitative estimate of drug-likeness (QED) is 0.270. The molecule has 0 spiro atoms. The second-order valence-corrected chi connectivity index (χ2v) is 5.80. The molecule has 2 rings (SSSR count). The highest BCUT2D eigenvalue weighted by atomic mass is 35.5. The van der Waals surface area contributed by atoms with E-state index in [0.29, 0.717) is 0 Å². The molecule has 0 aliphatic heterocycles. The van der Waals surface area contributed by atoms with Crippen molar-refractivity contribution in [1.29, 1.82) is 0 Å². The summed E-state index contributed by atoms with van der Waals surface area (Å²) in [6, 6.07) is 15.8. The van der Waals surface area contributed by atoms with Crippen molar-refractivity contribution in [2.45, 2.75) is 6.42 Å². The van der Waals surface area contributed by atoms with Crippen molar-refractivity contribution in [2.24, 2.45) is 21.5 Å². The Morgan fingerprint density at radius 2 is 1.03 bits per heavy atom. The molecule has 160 valence electrons. The molecule has 0 aliphatic carbocycles. The number of aliphatic hydroxyl groups excluding tert-OH is 2. The van der Waals surface area contributed by atoms with Gasteiger partial charge in [-0.05, 0) is 41.8 Å². The molecule has 0 amide bonds. The highest BCUT2D eigenvalue weighted by molar-refractivity contribution is 5.92. The fourth-order valence-electron chi connectivity index (χ4n) is 2.36. The van der Waals surface area contributed by atoms with Crippen molar-refractivity contribution >= 4 is 48.1 Å². The maximum atomic E-state index is 8.74. The van der Waals surface area contributed by atoms with E-state index in [1.807, 2.05) is 48.5 Å². The number of hydrogen-bond donors (Lipinski definition) is 6. The molecule has 0 heterocycles. The Balaban J connectivity index is 0.00000392. The van der Waals surface area contributed by atoms with Crippen LogP contribution in [0.2, 0.25) is 0 Å². The fourth-order valence-corrected chi connectivity index (χ4v) is 2.36. The average molecular weight is 443 g/mol. The molecule has 0 bridgehead atoms. The molecule has 0 aromatic heterocycles. The molecule has 2 aromatic rings. The minimum absolute atomic E-state index is 0. The highest BCUT2D eigenvalue weighted by Gasteiger charge is 2.00. The molecule has 8 N–H and O–H groups in total. The van der Waals surface area contributed by atoms with Gasteiger partial charge in [-0.15, -0.1) is 24.8 Å². The summed E-state index contributed by atoms with van der Waals surface area (Å²) in [7, 11) is 0. The van der Waals surface area contributed by atoms with Crippen LogP contribution in [0.25, 0.3) is 0 Å². The standard InChI is InChI=1S/C19H26N6O2.2ClH/c20-18(22-9-11-26)24-16-5-1-14(2-6-16)13-15-3-7-17(8-4-15)25-19(21)23-10-12-27;;/h1-8,26-27H,9-13H2,(H3,20,22,24)(H3,21,23,25);2*1H. The number of guanidine groups is 2. The van der Waals surface area contributed by atoms with Gasteiger partial charge >= 0.3 is 0 Å². The van der Waals surface area contributed by atoms with E-state index in [1.165, 1.54) is 0 Å². The second-order valence-electron chi connectivity index (χ2n) is 5.80. The van der Waals surface area contributed by atoms with E-state index in [2.05, 4.69) is 20.6 Å². The number of nitrogens with one attached hydrogen (secondary N) is 2. The Labute approximate surface area is 183 Å². The topological polar surface area (TPSA) is 141 Å². The molecule has 0 atom stereocenters. The normalized spacial score (nSPS) is 11.2. The van der Waals surface area contributed by atoms with Crippen LogP contribution < -0.4 is 22.1 Å². The minimum atomic E-state index is -0.0301. The monoisotopic (exact) mass is 442 g/mol. The third-order valence-electron chi connectivity index (χ3n) is 3.63. The van der Waals surface area contributed by atoms with Crippen LogP contribution in [0.15, 0.2) is 58.5 Å². The SMILES string of the molecule is Cl.Cl.NC(=NCCO)Nc1ccc(Cc2ccc(NC(N)=NCCO)cc2)cc1. The summed E-state index contributed by atoms with van der Waals surface area (Å²) >= 11 is 0. The number of hydrogen-bond acceptors (Lipinski definition) is 4. The first-order valence-electron chi connectivity index (χ1n) is 8.64. The molecular formula is C19H28Cl2N6O2. The number of rotatable bonds is 8. The molecule has 0 radical (unpaired) electrons. The van der Waals surface area contributed by atoms with Crippen LogP contribution in [-0.4, -0.2) is 48.4 Å². The van der Waals surface area contributed by atoms with E-state index in [1.54, 1.807) is 0 Å². The lowest BCUT2D eigenvalue weighted by molar-refractivity contribution is 0.306. The van der Waals surface area contributed by atoms with E-state index in [-0.39, 0.29) is 63.0 Å². The van der Waals surface area contributed by atoms with Crippen molar-refractivity contribution in [3.63, 3.8) is 0 Å². The number of benzene rings is 2. The number of anilines is 2. The van der Waals surface area contributed by atoms with Crippen LogP contribution in [0.4, 0.5) is 11.4 Å². The largest absolute Gasteiger partial charge is 0.394 e. The Bertz CT molecular complexity index is 702. The van der Waals surface area contributed by atoms with Gasteiger partial charge < -0.3 is 32.3 Å². The van der Waals surface area contributed by atoms with Crippen LogP contribution >= 0.6 is 24.8 Å². The van der Waals surface area contributed by atoms with Crippen LogP contribution in [0, 0.1) is 0 Å². The molecule has 0 aliphatic rings. The zero-order valence-corrected chi connectivity index (χ0v) is 17.5. The van der Waals surface area contributed by atoms with Crippen molar-refractivity contribution in [1.82, 2.24) is 0 Å². The van der Waals surface area contributed by atoms with Crippen LogP contribution in [0.5, 0.6) is 0 Å². The van der Waals surface area contributed by atoms with E-state index >= 15 is 0 Å². The van der Waals surface area contributed by atoms with Crippen molar-refractivity contribution < 1.29 is 10.2 Å². The van der Waals surface area contributed by atoms with Gasteiger partial charge in [-0.25, -0.2) is 0 Å². The molecule has 0 saturated heterocycles. The summed E-state index contributed by atoms with van der Waals surface area (Å²) in [6.07, 6.45) is 0.794. The second kappa shape index (κ2) is 14.5. The molecule has 0 fully saturated rings. The predicted molar refractivity (Wildman–Crippen MR) is 125 cm³/mol. The Kier molecular flexibility index (Phi) is 13.2. The molecular weight excluding hydrogens is 415 g/mol. The maximum Gasteiger partial charge on any atom is 0.193 e. The molecule has 29 heavy (non-hydrogen) atoms. The van der Waals surface area contributed by atoms with Crippen molar-refractivity contribution in [3.8, 4) is 0 Å². The van der Waals surface area contributed by atoms with Crippen molar-refractivity contribution in [3.05, 3.63) is 59.7 Å². The van der Waals surface area contributed by atoms with Crippen LogP contribution in [0.1, 0.15) is 11.1 Å². The fraction of sp³-hybridized carbons (Fsp3) is 0.263. The Hall–Kier alpha value is -2.52. The van der Waals surface area contributed by atoms with Gasteiger partial charge in [-0.2, -0.15) is 0 Å². The first kappa shape index (κ1) is 26.5. The van der Waals surface area contributed by atoms with Crippen molar-refractivity contribution in [2.75, 3.05) is 36.9 Å². The lowest BCUT2D eigenvalue weighted by Gasteiger charge is -2.09. The van der Waals surface area contributed by atoms with Gasteiger partial charge in [0.2, 0.25) is 0 Å². The van der Waals surface area contributed by atoms with E-state index in [9.17, 15) is 0 Å². The summed E-state index contributed by atoms with van der Waals surface area (Å²) < 4.78 is 0. The van der Waals surface area contributed by atoms with Gasteiger partial charge in [-0.1, -0.05) is 24.3 Å². The average Bonchev–Trinajstić information content (AvgIpc) is 2.68. The summed E-state index contributed by atoms with van der Waals surface area (Å²) in [5.41, 5.74) is 15.5. The molecule has 0 unspecified atom stereocenters. The van der Waals surface area contributed by atoms with Gasteiger partial charge in [0.25, 0.3) is 0 Å². The predicted octanol–water partition coefficient (Wildman–Crippen LogP) is 1.56. The Morgan fingerprint density at radius 3 is 1.34 bits per heavy atom. The number of halogens is 2. The van der Waals surface area contributed by atoms with E-state index in [4.69, 9.17) is 21.7 Å². The zero-order chi connectivity index (χ0) is 19.5. The first-order valence-corrected chi connectivity index (χ1v) is 8.64. The molecule has 10 heteroatoms. The van der Waals surface area contributed by atoms with Gasteiger partial charge in [0.15, 0.2) is 11.9 Å². The smallest absolute Gasteiger partial charge is 0.193 e. The number of aliphatic hydroxyl groups is 2. The number of nitrogens with two attached hydrogens (primary N) is 2. The van der Waals surface area contributed by atoms with E-state index in [0.717, 1.165) is 28.9 Å². The lowest BCUT2D eigenvalue weighted by Crippen LogP contribution is -2.23. The number of aliphatic imine (C=N–C) groups is 2. The van der Waals surface area contributed by atoms with Gasteiger partial charge in [0, 0.05) is 11.4 Å². The highest BCUT2D eigenvalue weighted by Crippen LogP contribution is 2.16. The summed E-state index contributed by atoms with van der Waals surface area (Å²) in [6.45, 7) is 0.497. The van der Waals surface area contributed by atoms with Crippen LogP contribution in [0.3, 0.4) is 0 Å². The summed E-state index contributed by atoms with van der Waals surface area (Å²) in [5, 5.41) is 23.4. The molecule has 8 nitrogen and oxygen atoms in total. The van der Waals surface area contributed by atoms with Gasteiger partial charge in [-0.3, -0.25) is 9.98 Å². The minimum Gasteiger partial charge on any atom is -0.394 e. The summed E-state index contributed by atoms with van der Waals surface area (Å²) in [4.78, 5) is 7.94. The Morgan fingerprint density at radius 1 is 0.690 bits per heavy atom.